The third-order valence-electron chi connectivity index (χ3n) is 6.85. The van der Waals surface area contributed by atoms with E-state index < -0.39 is 11.3 Å². The molecule has 0 spiro atoms. The second-order valence-electron chi connectivity index (χ2n) is 9.37. The summed E-state index contributed by atoms with van der Waals surface area (Å²) in [5.74, 6) is -0.257. The van der Waals surface area contributed by atoms with Gasteiger partial charge in [0.15, 0.2) is 0 Å². The Morgan fingerprint density at radius 2 is 1.82 bits per heavy atom. The average molecular weight is 580 g/mol. The fourth-order valence-electron chi connectivity index (χ4n) is 4.91. The molecule has 3 aromatic rings. The van der Waals surface area contributed by atoms with Crippen molar-refractivity contribution in [3.8, 4) is 5.75 Å². The second kappa shape index (κ2) is 12.0. The molecule has 5 rings (SSSR count). The Hall–Kier alpha value is -4.02. The van der Waals surface area contributed by atoms with Crippen LogP contribution in [0.15, 0.2) is 60.7 Å². The van der Waals surface area contributed by atoms with Gasteiger partial charge in [0.05, 0.1) is 12.8 Å². The van der Waals surface area contributed by atoms with Crippen molar-refractivity contribution in [3.05, 3.63) is 87.9 Å². The fraction of sp³-hybridized carbons (Fsp3) is 0.241. The highest BCUT2D eigenvalue weighted by Gasteiger charge is 2.40. The molecule has 1 fully saturated rings. The summed E-state index contributed by atoms with van der Waals surface area (Å²) in [6, 6.07) is 18.0. The number of amides is 4. The molecule has 2 atom stereocenters. The van der Waals surface area contributed by atoms with Gasteiger partial charge in [-0.05, 0) is 53.8 Å². The number of rotatable bonds is 8. The zero-order chi connectivity index (χ0) is 28.2. The van der Waals surface area contributed by atoms with E-state index in [1.807, 2.05) is 24.3 Å². The lowest BCUT2D eigenvalue weighted by Gasteiger charge is -2.28. The fourth-order valence-corrected chi connectivity index (χ4v) is 6.07. The molecule has 4 amide bonds. The lowest BCUT2D eigenvalue weighted by Crippen LogP contribution is -2.31. The van der Waals surface area contributed by atoms with Crippen LogP contribution in [0.1, 0.15) is 34.6 Å². The summed E-state index contributed by atoms with van der Waals surface area (Å²) < 4.78 is 10.7. The van der Waals surface area contributed by atoms with Crippen molar-refractivity contribution in [2.24, 2.45) is 0 Å². The molecule has 2 unspecified atom stereocenters. The molecular weight excluding hydrogens is 554 g/mol. The van der Waals surface area contributed by atoms with Crippen LogP contribution in [0.5, 0.6) is 5.75 Å². The van der Waals surface area contributed by atoms with Gasteiger partial charge in [-0.15, -0.1) is 0 Å². The third-order valence-corrected chi connectivity index (χ3v) is 8.33. The van der Waals surface area contributed by atoms with Gasteiger partial charge in [-0.3, -0.25) is 25.0 Å². The molecule has 0 saturated carbocycles. The van der Waals surface area contributed by atoms with Crippen molar-refractivity contribution < 1.29 is 28.7 Å². The topological polar surface area (TPSA) is 123 Å². The van der Waals surface area contributed by atoms with E-state index in [4.69, 9.17) is 21.1 Å². The molecule has 2 heterocycles. The number of thioether (sulfide) groups is 1. The minimum absolute atomic E-state index is 0.0394. The normalized spacial score (nSPS) is 16.9. The molecule has 0 aromatic heterocycles. The van der Waals surface area contributed by atoms with Crippen LogP contribution in [0, 0.1) is 0 Å². The van der Waals surface area contributed by atoms with Gasteiger partial charge in [0, 0.05) is 28.6 Å². The van der Waals surface area contributed by atoms with Crippen molar-refractivity contribution in [2.45, 2.75) is 37.0 Å². The van der Waals surface area contributed by atoms with Crippen LogP contribution in [0.4, 0.5) is 21.0 Å². The Bertz CT molecular complexity index is 1480. The van der Waals surface area contributed by atoms with Crippen molar-refractivity contribution in [1.29, 1.82) is 0 Å². The zero-order valence-electron chi connectivity index (χ0n) is 21.5. The van der Waals surface area contributed by atoms with Crippen LogP contribution in [-0.2, 0) is 33.8 Å². The Morgan fingerprint density at radius 3 is 2.52 bits per heavy atom. The number of imide groups is 1. The average Bonchev–Trinajstić information content (AvgIpc) is 3.28. The summed E-state index contributed by atoms with van der Waals surface area (Å²) in [5, 5.41) is 7.49. The van der Waals surface area contributed by atoms with E-state index in [1.165, 1.54) is 7.11 Å². The largest absolute Gasteiger partial charge is 0.495 e. The minimum atomic E-state index is -0.639. The van der Waals surface area contributed by atoms with Gasteiger partial charge in [0.25, 0.3) is 5.24 Å². The van der Waals surface area contributed by atoms with Crippen LogP contribution in [0.25, 0.3) is 0 Å². The number of nitrogens with one attached hydrogen (secondary N) is 3. The Morgan fingerprint density at radius 1 is 1.05 bits per heavy atom. The first kappa shape index (κ1) is 27.5. The van der Waals surface area contributed by atoms with Crippen molar-refractivity contribution in [2.75, 3.05) is 17.7 Å². The number of benzene rings is 3. The Kier molecular flexibility index (Phi) is 8.27. The number of fused-ring (bicyclic) bond motifs is 1. The summed E-state index contributed by atoms with van der Waals surface area (Å²) in [6.45, 7) is 0.0394. The van der Waals surface area contributed by atoms with E-state index in [0.29, 0.717) is 47.0 Å². The van der Waals surface area contributed by atoms with Crippen molar-refractivity contribution >= 4 is 57.9 Å². The summed E-state index contributed by atoms with van der Waals surface area (Å²) in [4.78, 5) is 49.3. The maximum absolute atomic E-state index is 12.8. The van der Waals surface area contributed by atoms with Gasteiger partial charge in [0.2, 0.25) is 11.8 Å². The summed E-state index contributed by atoms with van der Waals surface area (Å²) in [5.41, 5.74) is 4.52. The monoisotopic (exact) mass is 579 g/mol. The van der Waals surface area contributed by atoms with Crippen LogP contribution in [0.2, 0.25) is 5.02 Å². The van der Waals surface area contributed by atoms with Crippen LogP contribution >= 0.6 is 23.4 Å². The van der Waals surface area contributed by atoms with Gasteiger partial charge < -0.3 is 14.8 Å². The number of carbonyl (C=O) groups is 4. The first-order valence-electron chi connectivity index (χ1n) is 12.6. The van der Waals surface area contributed by atoms with E-state index >= 15 is 0 Å². The molecule has 206 valence electrons. The molecule has 9 nitrogen and oxygen atoms in total. The predicted molar refractivity (Wildman–Crippen MR) is 153 cm³/mol. The van der Waals surface area contributed by atoms with E-state index in [2.05, 4.69) is 16.0 Å². The third kappa shape index (κ3) is 6.08. The van der Waals surface area contributed by atoms with Gasteiger partial charge in [-0.1, -0.05) is 59.8 Å². The minimum Gasteiger partial charge on any atom is -0.495 e. The van der Waals surface area contributed by atoms with E-state index in [1.54, 1.807) is 36.4 Å². The van der Waals surface area contributed by atoms with Crippen molar-refractivity contribution in [1.82, 2.24) is 5.32 Å². The number of carbonyl (C=O) groups excluding carboxylic acids is 4. The molecule has 0 bridgehead atoms. The molecule has 11 heteroatoms. The standard InChI is InChI=1S/C29H26ClN3O6S/c1-38-23-12-10-19(20-11-13-24(34)32-25(20)23)21(26-27(35)33-29(37)40-26)14-16-6-8-18(9-7-16)31-28(36)39-15-17-4-2-3-5-22(17)30/h2-10,12,21,26H,11,13-15H2,1H3,(H,31,36)(H,32,34)(H,33,35,37). The lowest BCUT2D eigenvalue weighted by molar-refractivity contribution is -0.119. The molecule has 2 aliphatic heterocycles. The van der Waals surface area contributed by atoms with Gasteiger partial charge in [0.1, 0.15) is 17.6 Å². The molecular formula is C29H26ClN3O6S. The number of halogens is 1. The number of hydrogen-bond acceptors (Lipinski definition) is 7. The summed E-state index contributed by atoms with van der Waals surface area (Å²) in [6.07, 6.45) is 0.643. The maximum Gasteiger partial charge on any atom is 0.411 e. The van der Waals surface area contributed by atoms with E-state index in [9.17, 15) is 19.2 Å². The van der Waals surface area contributed by atoms with Crippen LogP contribution in [-0.4, -0.2) is 35.5 Å². The number of anilines is 2. The highest BCUT2D eigenvalue weighted by atomic mass is 35.5. The summed E-state index contributed by atoms with van der Waals surface area (Å²) in [7, 11) is 1.54. The zero-order valence-corrected chi connectivity index (χ0v) is 23.1. The van der Waals surface area contributed by atoms with Gasteiger partial charge in [-0.2, -0.15) is 0 Å². The quantitative estimate of drug-likeness (QED) is 0.315. The van der Waals surface area contributed by atoms with Crippen molar-refractivity contribution in [3.63, 3.8) is 0 Å². The Labute approximate surface area is 239 Å². The highest BCUT2D eigenvalue weighted by molar-refractivity contribution is 8.15. The predicted octanol–water partition coefficient (Wildman–Crippen LogP) is 5.66. The van der Waals surface area contributed by atoms with E-state index in [-0.39, 0.29) is 29.6 Å². The van der Waals surface area contributed by atoms with Gasteiger partial charge >= 0.3 is 6.09 Å². The number of ether oxygens (including phenoxy) is 2. The highest BCUT2D eigenvalue weighted by Crippen LogP contribution is 2.43. The molecule has 1 saturated heterocycles. The second-order valence-corrected chi connectivity index (χ2v) is 10.9. The maximum atomic E-state index is 12.8. The SMILES string of the molecule is COc1ccc(C(Cc2ccc(NC(=O)OCc3ccccc3Cl)cc2)C2SC(=O)NC2=O)c2c1NC(=O)CC2. The molecule has 0 aliphatic carbocycles. The van der Waals surface area contributed by atoms with E-state index in [0.717, 1.165) is 28.5 Å². The molecule has 0 radical (unpaired) electrons. The summed E-state index contributed by atoms with van der Waals surface area (Å²) >= 11 is 7.09. The molecule has 2 aliphatic rings. The van der Waals surface area contributed by atoms with Gasteiger partial charge in [-0.25, -0.2) is 4.79 Å². The Balaban J connectivity index is 1.34. The molecule has 3 N–H and O–H groups in total. The first-order chi connectivity index (χ1) is 19.3. The number of methoxy groups -OCH3 is 1. The molecule has 3 aromatic carbocycles. The number of hydrogen-bond donors (Lipinski definition) is 3. The molecule has 40 heavy (non-hydrogen) atoms. The lowest BCUT2D eigenvalue weighted by atomic mass is 9.83. The smallest absolute Gasteiger partial charge is 0.411 e. The van der Waals surface area contributed by atoms with Crippen LogP contribution < -0.4 is 20.7 Å². The first-order valence-corrected chi connectivity index (χ1v) is 13.9. The van der Waals surface area contributed by atoms with Crippen LogP contribution in [0.3, 0.4) is 0 Å².